The van der Waals surface area contributed by atoms with E-state index in [1.165, 1.54) is 11.1 Å². The van der Waals surface area contributed by atoms with Crippen LogP contribution in [0.5, 0.6) is 0 Å². The van der Waals surface area contributed by atoms with Crippen molar-refractivity contribution in [3.05, 3.63) is 88.7 Å². The Morgan fingerprint density at radius 3 is 2.46 bits per heavy atom. The zero-order valence-corrected chi connectivity index (χ0v) is 13.9. The second-order valence-corrected chi connectivity index (χ2v) is 5.87. The number of aryl methyl sites for hydroxylation is 2. The van der Waals surface area contributed by atoms with Gasteiger partial charge in [-0.3, -0.25) is 9.48 Å². The lowest BCUT2D eigenvalue weighted by Gasteiger charge is -2.03. The number of carbonyl (C=O) groups is 1. The molecule has 24 heavy (non-hydrogen) atoms. The molecule has 3 rings (SSSR count). The van der Waals surface area contributed by atoms with Crippen LogP contribution in [0.4, 0.5) is 0 Å². The van der Waals surface area contributed by atoms with Crippen LogP contribution in [-0.2, 0) is 13.5 Å². The summed E-state index contributed by atoms with van der Waals surface area (Å²) in [6, 6.07) is 18.1. The van der Waals surface area contributed by atoms with E-state index >= 15 is 0 Å². The predicted molar refractivity (Wildman–Crippen MR) is 97.8 cm³/mol. The molecule has 3 aromatic rings. The molecule has 0 fully saturated rings. The molecule has 0 amide bonds. The van der Waals surface area contributed by atoms with E-state index in [1.807, 2.05) is 36.4 Å². The summed E-state index contributed by atoms with van der Waals surface area (Å²) in [5.41, 5.74) is 5.24. The molecule has 120 valence electrons. The number of rotatable bonds is 5. The Morgan fingerprint density at radius 1 is 1.04 bits per heavy atom. The highest BCUT2D eigenvalue weighted by Crippen LogP contribution is 2.14. The number of nitrogens with zero attached hydrogens (tertiary/aromatic N) is 2. The SMILES string of the molecule is Cc1ccccc1/C=C/c1ccc(CC(=O)c2ccnn2C)cc1. The molecular formula is C21H20N2O. The lowest BCUT2D eigenvalue weighted by molar-refractivity contribution is 0.0984. The third-order valence-electron chi connectivity index (χ3n) is 4.09. The summed E-state index contributed by atoms with van der Waals surface area (Å²) in [5, 5.41) is 4.04. The Hall–Kier alpha value is -2.94. The molecule has 2 aromatic carbocycles. The van der Waals surface area contributed by atoms with E-state index in [0.717, 1.165) is 11.1 Å². The van der Waals surface area contributed by atoms with Gasteiger partial charge in [-0.05, 0) is 35.2 Å². The first-order chi connectivity index (χ1) is 11.6. The van der Waals surface area contributed by atoms with Crippen LogP contribution >= 0.6 is 0 Å². The molecule has 0 saturated heterocycles. The molecule has 0 radical (unpaired) electrons. The van der Waals surface area contributed by atoms with Crippen LogP contribution in [0, 0.1) is 6.92 Å². The number of carbonyl (C=O) groups excluding carboxylic acids is 1. The lowest BCUT2D eigenvalue weighted by Crippen LogP contribution is -2.09. The van der Waals surface area contributed by atoms with E-state index in [2.05, 4.69) is 36.3 Å². The standard InChI is InChI=1S/C21H20N2O/c1-16-5-3-4-6-19(16)12-11-17-7-9-18(10-8-17)15-21(24)20-13-14-22-23(20)2/h3-14H,15H2,1-2H3/b12-11+. The number of Topliss-reactive ketones (excluding diaryl/α,β-unsaturated/α-hetero) is 1. The predicted octanol–water partition coefficient (Wildman–Crippen LogP) is 4.32. The van der Waals surface area contributed by atoms with Crippen LogP contribution < -0.4 is 0 Å². The molecule has 0 aliphatic heterocycles. The van der Waals surface area contributed by atoms with E-state index < -0.39 is 0 Å². The summed E-state index contributed by atoms with van der Waals surface area (Å²) in [6.45, 7) is 2.10. The first-order valence-electron chi connectivity index (χ1n) is 7.97. The van der Waals surface area contributed by atoms with Gasteiger partial charge in [-0.1, -0.05) is 60.7 Å². The van der Waals surface area contributed by atoms with Crippen molar-refractivity contribution in [3.63, 3.8) is 0 Å². The third-order valence-corrected chi connectivity index (χ3v) is 4.09. The minimum absolute atomic E-state index is 0.0817. The Bertz CT molecular complexity index is 873. The second-order valence-electron chi connectivity index (χ2n) is 5.87. The van der Waals surface area contributed by atoms with E-state index in [1.54, 1.807) is 24.0 Å². The number of aromatic nitrogens is 2. The third kappa shape index (κ3) is 3.69. The summed E-state index contributed by atoms with van der Waals surface area (Å²) < 4.78 is 1.61. The van der Waals surface area contributed by atoms with Crippen molar-refractivity contribution >= 4 is 17.9 Å². The smallest absolute Gasteiger partial charge is 0.185 e. The number of ketones is 1. The Labute approximate surface area is 142 Å². The van der Waals surface area contributed by atoms with E-state index in [4.69, 9.17) is 0 Å². The van der Waals surface area contributed by atoms with Gasteiger partial charge in [0.2, 0.25) is 0 Å². The fourth-order valence-corrected chi connectivity index (χ4v) is 2.63. The maximum atomic E-state index is 12.3. The molecule has 0 unspecified atom stereocenters. The van der Waals surface area contributed by atoms with Gasteiger partial charge in [-0.15, -0.1) is 0 Å². The average Bonchev–Trinajstić information content (AvgIpc) is 3.02. The Balaban J connectivity index is 1.69. The van der Waals surface area contributed by atoms with Crippen molar-refractivity contribution in [1.29, 1.82) is 0 Å². The van der Waals surface area contributed by atoms with Crippen LogP contribution in [0.1, 0.15) is 32.7 Å². The monoisotopic (exact) mass is 316 g/mol. The molecule has 3 nitrogen and oxygen atoms in total. The molecule has 1 aromatic heterocycles. The minimum Gasteiger partial charge on any atom is -0.292 e. The van der Waals surface area contributed by atoms with Crippen molar-refractivity contribution in [2.24, 2.45) is 7.05 Å². The highest BCUT2D eigenvalue weighted by molar-refractivity contribution is 5.95. The topological polar surface area (TPSA) is 34.9 Å². The highest BCUT2D eigenvalue weighted by Gasteiger charge is 2.10. The van der Waals surface area contributed by atoms with Gasteiger partial charge >= 0.3 is 0 Å². The van der Waals surface area contributed by atoms with Gasteiger partial charge in [-0.25, -0.2) is 0 Å². The van der Waals surface area contributed by atoms with Crippen molar-refractivity contribution < 1.29 is 4.79 Å². The van der Waals surface area contributed by atoms with Crippen molar-refractivity contribution in [1.82, 2.24) is 9.78 Å². The van der Waals surface area contributed by atoms with Crippen molar-refractivity contribution in [2.75, 3.05) is 0 Å². The summed E-state index contributed by atoms with van der Waals surface area (Å²) in [4.78, 5) is 12.3. The zero-order valence-electron chi connectivity index (χ0n) is 13.9. The van der Waals surface area contributed by atoms with Crippen LogP contribution in [0.2, 0.25) is 0 Å². The normalized spacial score (nSPS) is 11.1. The van der Waals surface area contributed by atoms with Gasteiger partial charge in [0.1, 0.15) is 5.69 Å². The summed E-state index contributed by atoms with van der Waals surface area (Å²) in [6.07, 6.45) is 6.24. The molecule has 0 saturated carbocycles. The van der Waals surface area contributed by atoms with E-state index in [0.29, 0.717) is 12.1 Å². The maximum Gasteiger partial charge on any atom is 0.185 e. The molecule has 0 aliphatic rings. The summed E-state index contributed by atoms with van der Waals surface area (Å²) in [7, 11) is 1.78. The Morgan fingerprint density at radius 2 is 1.79 bits per heavy atom. The second kappa shape index (κ2) is 7.09. The number of hydrogen-bond donors (Lipinski definition) is 0. The first-order valence-corrected chi connectivity index (χ1v) is 7.97. The number of benzene rings is 2. The molecule has 3 heteroatoms. The van der Waals surface area contributed by atoms with Crippen LogP contribution in [-0.4, -0.2) is 15.6 Å². The highest BCUT2D eigenvalue weighted by atomic mass is 16.1. The van der Waals surface area contributed by atoms with Crippen LogP contribution in [0.25, 0.3) is 12.2 Å². The molecular weight excluding hydrogens is 296 g/mol. The van der Waals surface area contributed by atoms with E-state index in [9.17, 15) is 4.79 Å². The quantitative estimate of drug-likeness (QED) is 0.519. The van der Waals surface area contributed by atoms with Gasteiger partial charge in [0.25, 0.3) is 0 Å². The fraction of sp³-hybridized carbons (Fsp3) is 0.143. The zero-order chi connectivity index (χ0) is 16.9. The molecule has 0 aliphatic carbocycles. The van der Waals surface area contributed by atoms with Crippen molar-refractivity contribution in [3.8, 4) is 0 Å². The average molecular weight is 316 g/mol. The first kappa shape index (κ1) is 15.9. The van der Waals surface area contributed by atoms with Gasteiger partial charge in [0, 0.05) is 19.7 Å². The summed E-state index contributed by atoms with van der Waals surface area (Å²) in [5.74, 6) is 0.0817. The Kier molecular flexibility index (Phi) is 4.71. The number of hydrogen-bond acceptors (Lipinski definition) is 2. The minimum atomic E-state index is 0.0817. The molecule has 1 heterocycles. The largest absolute Gasteiger partial charge is 0.292 e. The fourth-order valence-electron chi connectivity index (χ4n) is 2.63. The van der Waals surface area contributed by atoms with Crippen molar-refractivity contribution in [2.45, 2.75) is 13.3 Å². The van der Waals surface area contributed by atoms with Gasteiger partial charge in [-0.2, -0.15) is 5.10 Å². The maximum absolute atomic E-state index is 12.3. The molecule has 0 N–H and O–H groups in total. The van der Waals surface area contributed by atoms with E-state index in [-0.39, 0.29) is 5.78 Å². The molecule has 0 bridgehead atoms. The van der Waals surface area contributed by atoms with Crippen LogP contribution in [0.15, 0.2) is 60.8 Å². The lowest BCUT2D eigenvalue weighted by atomic mass is 10.0. The van der Waals surface area contributed by atoms with Gasteiger partial charge in [0.05, 0.1) is 0 Å². The summed E-state index contributed by atoms with van der Waals surface area (Å²) >= 11 is 0. The molecule has 0 atom stereocenters. The van der Waals surface area contributed by atoms with Gasteiger partial charge < -0.3 is 0 Å². The molecule has 0 spiro atoms. The van der Waals surface area contributed by atoms with Crippen LogP contribution in [0.3, 0.4) is 0 Å². The van der Waals surface area contributed by atoms with Gasteiger partial charge in [0.15, 0.2) is 5.78 Å².